The summed E-state index contributed by atoms with van der Waals surface area (Å²) in [5.74, 6) is 0. The highest BCUT2D eigenvalue weighted by Crippen LogP contribution is 2.15. The summed E-state index contributed by atoms with van der Waals surface area (Å²) >= 11 is 1.76. The molecule has 15 heavy (non-hydrogen) atoms. The minimum Gasteiger partial charge on any atom is -0.313 e. The van der Waals surface area contributed by atoms with Gasteiger partial charge in [0.15, 0.2) is 0 Å². The first-order chi connectivity index (χ1) is 7.38. The lowest BCUT2D eigenvalue weighted by atomic mass is 10.2. The first-order valence-corrected chi connectivity index (χ1v) is 6.59. The summed E-state index contributed by atoms with van der Waals surface area (Å²) in [6, 6.07) is 0.706. The van der Waals surface area contributed by atoms with Gasteiger partial charge >= 0.3 is 0 Å². The number of hydrogen-bond acceptors (Lipinski definition) is 4. The third-order valence-corrected chi connectivity index (χ3v) is 3.58. The lowest BCUT2D eigenvalue weighted by Crippen LogP contribution is -2.32. The second-order valence-corrected chi connectivity index (χ2v) is 5.11. The van der Waals surface area contributed by atoms with E-state index in [1.54, 1.807) is 11.3 Å². The molecule has 4 heteroatoms. The third-order valence-electron chi connectivity index (χ3n) is 2.82. The van der Waals surface area contributed by atoms with E-state index >= 15 is 0 Å². The molecule has 0 bridgehead atoms. The maximum atomic E-state index is 4.11. The maximum absolute atomic E-state index is 4.11. The summed E-state index contributed by atoms with van der Waals surface area (Å²) in [4.78, 5) is 8.00. The van der Waals surface area contributed by atoms with E-state index in [4.69, 9.17) is 0 Å². The highest BCUT2D eigenvalue weighted by molar-refractivity contribution is 7.09. The van der Waals surface area contributed by atoms with Gasteiger partial charge in [-0.05, 0) is 19.4 Å². The molecule has 1 atom stereocenters. The molecule has 0 spiro atoms. The van der Waals surface area contributed by atoms with E-state index in [0.717, 1.165) is 13.1 Å². The number of nitrogens with one attached hydrogen (secondary N) is 1. The van der Waals surface area contributed by atoms with E-state index in [-0.39, 0.29) is 0 Å². The molecule has 1 aliphatic heterocycles. The zero-order chi connectivity index (χ0) is 10.5. The van der Waals surface area contributed by atoms with E-state index in [0.29, 0.717) is 6.04 Å². The predicted molar refractivity (Wildman–Crippen MR) is 64.1 cm³/mol. The third kappa shape index (κ3) is 3.26. The number of aromatic nitrogens is 1. The van der Waals surface area contributed by atoms with E-state index in [9.17, 15) is 0 Å². The van der Waals surface area contributed by atoms with Gasteiger partial charge in [-0.15, -0.1) is 11.3 Å². The Bertz CT molecular complexity index is 273. The Morgan fingerprint density at radius 2 is 2.60 bits per heavy atom. The molecule has 0 aromatic carbocycles. The van der Waals surface area contributed by atoms with Crippen molar-refractivity contribution in [1.82, 2.24) is 15.2 Å². The molecule has 84 valence electrons. The molecule has 0 radical (unpaired) electrons. The van der Waals surface area contributed by atoms with Crippen LogP contribution in [0.15, 0.2) is 11.7 Å². The van der Waals surface area contributed by atoms with Crippen molar-refractivity contribution in [2.75, 3.05) is 19.6 Å². The molecule has 1 unspecified atom stereocenters. The van der Waals surface area contributed by atoms with Gasteiger partial charge < -0.3 is 5.32 Å². The topological polar surface area (TPSA) is 28.2 Å². The Morgan fingerprint density at radius 1 is 1.67 bits per heavy atom. The minimum absolute atomic E-state index is 0.706. The zero-order valence-electron chi connectivity index (χ0n) is 9.28. The molecule has 0 saturated carbocycles. The first-order valence-electron chi connectivity index (χ1n) is 5.71. The molecule has 1 aromatic rings. The Labute approximate surface area is 95.5 Å². The highest BCUT2D eigenvalue weighted by atomic mass is 32.1. The Kier molecular flexibility index (Phi) is 4.11. The summed E-state index contributed by atoms with van der Waals surface area (Å²) in [6.07, 6.45) is 4.50. The SMILES string of the molecule is CCCNC1CCN(Cc2cncs2)C1. The molecule has 3 nitrogen and oxygen atoms in total. The number of likely N-dealkylation sites (tertiary alicyclic amines) is 1. The average molecular weight is 225 g/mol. The second-order valence-electron chi connectivity index (χ2n) is 4.14. The molecule has 1 aromatic heterocycles. The van der Waals surface area contributed by atoms with E-state index < -0.39 is 0 Å². The number of thiazole rings is 1. The van der Waals surface area contributed by atoms with Gasteiger partial charge in [-0.1, -0.05) is 6.92 Å². The average Bonchev–Trinajstić information content (AvgIpc) is 2.87. The molecule has 2 rings (SSSR count). The van der Waals surface area contributed by atoms with Crippen molar-refractivity contribution in [3.63, 3.8) is 0 Å². The quantitative estimate of drug-likeness (QED) is 0.827. The fraction of sp³-hybridized carbons (Fsp3) is 0.727. The Morgan fingerprint density at radius 3 is 3.33 bits per heavy atom. The van der Waals surface area contributed by atoms with Crippen LogP contribution < -0.4 is 5.32 Å². The number of rotatable bonds is 5. The van der Waals surface area contributed by atoms with Crippen molar-refractivity contribution in [3.8, 4) is 0 Å². The summed E-state index contributed by atoms with van der Waals surface area (Å²) in [7, 11) is 0. The largest absolute Gasteiger partial charge is 0.313 e. The van der Waals surface area contributed by atoms with Crippen LogP contribution in [0.4, 0.5) is 0 Å². The van der Waals surface area contributed by atoms with Gasteiger partial charge in [0.2, 0.25) is 0 Å². The van der Waals surface area contributed by atoms with Crippen LogP contribution in [0.1, 0.15) is 24.6 Å². The summed E-state index contributed by atoms with van der Waals surface area (Å²) in [6.45, 7) is 6.86. The van der Waals surface area contributed by atoms with Gasteiger partial charge in [-0.25, -0.2) is 0 Å². The van der Waals surface area contributed by atoms with Crippen LogP contribution in [0.2, 0.25) is 0 Å². The minimum atomic E-state index is 0.706. The van der Waals surface area contributed by atoms with E-state index in [1.807, 2.05) is 11.7 Å². The normalized spacial score (nSPS) is 22.3. The smallest absolute Gasteiger partial charge is 0.0794 e. The van der Waals surface area contributed by atoms with Gasteiger partial charge in [-0.2, -0.15) is 0 Å². The molecule has 0 aliphatic carbocycles. The van der Waals surface area contributed by atoms with Crippen LogP contribution in [0, 0.1) is 0 Å². The predicted octanol–water partition coefficient (Wildman–Crippen LogP) is 1.72. The lowest BCUT2D eigenvalue weighted by molar-refractivity contribution is 0.323. The Hall–Kier alpha value is -0.450. The fourth-order valence-electron chi connectivity index (χ4n) is 2.03. The Balaban J connectivity index is 1.73. The van der Waals surface area contributed by atoms with Crippen molar-refractivity contribution in [1.29, 1.82) is 0 Å². The van der Waals surface area contributed by atoms with Crippen molar-refractivity contribution in [3.05, 3.63) is 16.6 Å². The molecule has 0 amide bonds. The van der Waals surface area contributed by atoms with Gasteiger partial charge in [-0.3, -0.25) is 9.88 Å². The van der Waals surface area contributed by atoms with Crippen LogP contribution in [-0.4, -0.2) is 35.6 Å². The van der Waals surface area contributed by atoms with Gasteiger partial charge in [0, 0.05) is 36.8 Å². The van der Waals surface area contributed by atoms with Crippen molar-refractivity contribution < 1.29 is 0 Å². The fourth-order valence-corrected chi connectivity index (χ4v) is 2.67. The van der Waals surface area contributed by atoms with Crippen LogP contribution >= 0.6 is 11.3 Å². The zero-order valence-corrected chi connectivity index (χ0v) is 10.1. The standard InChI is InChI=1S/C11H19N3S/c1-2-4-13-10-3-5-14(7-10)8-11-6-12-9-15-11/h6,9-10,13H,2-5,7-8H2,1H3. The molecule has 1 N–H and O–H groups in total. The molecule has 1 saturated heterocycles. The second kappa shape index (κ2) is 5.58. The van der Waals surface area contributed by atoms with Crippen molar-refractivity contribution in [2.24, 2.45) is 0 Å². The monoisotopic (exact) mass is 225 g/mol. The van der Waals surface area contributed by atoms with Crippen LogP contribution in [0.25, 0.3) is 0 Å². The maximum Gasteiger partial charge on any atom is 0.0794 e. The summed E-state index contributed by atoms with van der Waals surface area (Å²) in [5, 5.41) is 3.59. The number of hydrogen-bond donors (Lipinski definition) is 1. The van der Waals surface area contributed by atoms with Crippen molar-refractivity contribution >= 4 is 11.3 Å². The molecular formula is C11H19N3S. The van der Waals surface area contributed by atoms with Gasteiger partial charge in [0.25, 0.3) is 0 Å². The van der Waals surface area contributed by atoms with Gasteiger partial charge in [0.05, 0.1) is 5.51 Å². The van der Waals surface area contributed by atoms with E-state index in [2.05, 4.69) is 22.1 Å². The van der Waals surface area contributed by atoms with Crippen molar-refractivity contribution in [2.45, 2.75) is 32.4 Å². The molecular weight excluding hydrogens is 206 g/mol. The van der Waals surface area contributed by atoms with Crippen LogP contribution in [-0.2, 0) is 6.54 Å². The molecule has 2 heterocycles. The highest BCUT2D eigenvalue weighted by Gasteiger charge is 2.21. The van der Waals surface area contributed by atoms with Crippen LogP contribution in [0.3, 0.4) is 0 Å². The summed E-state index contributed by atoms with van der Waals surface area (Å²) < 4.78 is 0. The number of nitrogens with zero attached hydrogens (tertiary/aromatic N) is 2. The molecule has 1 aliphatic rings. The van der Waals surface area contributed by atoms with Crippen LogP contribution in [0.5, 0.6) is 0 Å². The van der Waals surface area contributed by atoms with Gasteiger partial charge in [0.1, 0.15) is 0 Å². The first kappa shape index (κ1) is 11.0. The lowest BCUT2D eigenvalue weighted by Gasteiger charge is -2.15. The summed E-state index contributed by atoms with van der Waals surface area (Å²) in [5.41, 5.74) is 1.91. The molecule has 1 fully saturated rings. The van der Waals surface area contributed by atoms with E-state index in [1.165, 1.54) is 30.8 Å².